The summed E-state index contributed by atoms with van der Waals surface area (Å²) in [7, 11) is 3.14. The van der Waals surface area contributed by atoms with Gasteiger partial charge < -0.3 is 20.1 Å². The van der Waals surface area contributed by atoms with Crippen LogP contribution in [0.25, 0.3) is 0 Å². The summed E-state index contributed by atoms with van der Waals surface area (Å²) in [6, 6.07) is 7.49. The van der Waals surface area contributed by atoms with Gasteiger partial charge in [-0.2, -0.15) is 0 Å². The summed E-state index contributed by atoms with van der Waals surface area (Å²) in [5, 5.41) is 9.24. The Balaban J connectivity index is 2.05. The van der Waals surface area contributed by atoms with Gasteiger partial charge in [0.2, 0.25) is 0 Å². The fourth-order valence-corrected chi connectivity index (χ4v) is 2.76. The lowest BCUT2D eigenvalue weighted by Crippen LogP contribution is -2.27. The number of nitrogens with one attached hydrogen (secondary N) is 2. The molecule has 0 saturated heterocycles. The van der Waals surface area contributed by atoms with Crippen LogP contribution in [0.2, 0.25) is 5.02 Å². The molecule has 0 atom stereocenters. The Morgan fingerprint density at radius 1 is 1.29 bits per heavy atom. The molecular formula is C14H15ClN2O2S2. The van der Waals surface area contributed by atoms with Crippen molar-refractivity contribution in [3.63, 3.8) is 0 Å². The molecule has 2 rings (SSSR count). The third-order valence-electron chi connectivity index (χ3n) is 2.73. The van der Waals surface area contributed by atoms with Gasteiger partial charge in [-0.3, -0.25) is 0 Å². The van der Waals surface area contributed by atoms with Crippen LogP contribution in [0.15, 0.2) is 29.6 Å². The highest BCUT2D eigenvalue weighted by Gasteiger charge is 2.11. The summed E-state index contributed by atoms with van der Waals surface area (Å²) >= 11 is 13.0. The third-order valence-corrected chi connectivity index (χ3v) is 4.14. The van der Waals surface area contributed by atoms with Crippen molar-refractivity contribution in [3.05, 3.63) is 39.5 Å². The van der Waals surface area contributed by atoms with Crippen molar-refractivity contribution in [1.29, 1.82) is 0 Å². The van der Waals surface area contributed by atoms with Crippen LogP contribution in [0.4, 0.5) is 5.69 Å². The maximum Gasteiger partial charge on any atom is 0.171 e. The van der Waals surface area contributed by atoms with Crippen LogP contribution in [0.1, 0.15) is 4.88 Å². The van der Waals surface area contributed by atoms with Crippen LogP contribution in [0, 0.1) is 0 Å². The minimum absolute atomic E-state index is 0.484. The van der Waals surface area contributed by atoms with Crippen molar-refractivity contribution >= 4 is 46.0 Å². The van der Waals surface area contributed by atoms with Gasteiger partial charge in [-0.05, 0) is 23.7 Å². The summed E-state index contributed by atoms with van der Waals surface area (Å²) in [6.45, 7) is 0.677. The lowest BCUT2D eigenvalue weighted by molar-refractivity contribution is 0.405. The van der Waals surface area contributed by atoms with E-state index in [0.717, 1.165) is 0 Å². The third kappa shape index (κ3) is 4.23. The number of benzene rings is 1. The van der Waals surface area contributed by atoms with Gasteiger partial charge >= 0.3 is 0 Å². The maximum atomic E-state index is 6.07. The first-order chi connectivity index (χ1) is 10.1. The van der Waals surface area contributed by atoms with Crippen molar-refractivity contribution < 1.29 is 9.47 Å². The SMILES string of the molecule is COc1cc(NC(=S)NCc2cccs2)c(OC)cc1Cl. The van der Waals surface area contributed by atoms with Gasteiger partial charge in [-0.15, -0.1) is 11.3 Å². The Morgan fingerprint density at radius 2 is 2.05 bits per heavy atom. The largest absolute Gasteiger partial charge is 0.495 e. The molecule has 1 aromatic heterocycles. The molecular weight excluding hydrogens is 328 g/mol. The number of thiophene rings is 1. The molecule has 0 radical (unpaired) electrons. The molecule has 0 unspecified atom stereocenters. The van der Waals surface area contributed by atoms with E-state index in [1.807, 2.05) is 17.5 Å². The molecule has 2 aromatic rings. The van der Waals surface area contributed by atoms with E-state index >= 15 is 0 Å². The van der Waals surface area contributed by atoms with Gasteiger partial charge in [0.25, 0.3) is 0 Å². The number of thiocarbonyl (C=S) groups is 1. The first kappa shape index (κ1) is 15.9. The van der Waals surface area contributed by atoms with E-state index in [2.05, 4.69) is 10.6 Å². The first-order valence-electron chi connectivity index (χ1n) is 6.12. The Kier molecular flexibility index (Phi) is 5.67. The molecule has 1 aromatic carbocycles. The Hall–Kier alpha value is -1.50. The van der Waals surface area contributed by atoms with E-state index in [-0.39, 0.29) is 0 Å². The van der Waals surface area contributed by atoms with Crippen molar-refractivity contribution in [2.75, 3.05) is 19.5 Å². The van der Waals surface area contributed by atoms with Crippen LogP contribution >= 0.6 is 35.2 Å². The molecule has 0 aliphatic rings. The molecule has 2 N–H and O–H groups in total. The molecule has 0 bridgehead atoms. The molecule has 4 nitrogen and oxygen atoms in total. The van der Waals surface area contributed by atoms with Crippen molar-refractivity contribution in [1.82, 2.24) is 5.32 Å². The van der Waals surface area contributed by atoms with Crippen LogP contribution in [-0.4, -0.2) is 19.3 Å². The zero-order chi connectivity index (χ0) is 15.2. The van der Waals surface area contributed by atoms with Crippen LogP contribution in [-0.2, 0) is 6.54 Å². The van der Waals surface area contributed by atoms with Crippen molar-refractivity contribution in [3.8, 4) is 11.5 Å². The summed E-state index contributed by atoms with van der Waals surface area (Å²) in [4.78, 5) is 1.21. The smallest absolute Gasteiger partial charge is 0.171 e. The number of hydrogen-bond acceptors (Lipinski definition) is 4. The highest BCUT2D eigenvalue weighted by atomic mass is 35.5. The monoisotopic (exact) mass is 342 g/mol. The van der Waals surface area contributed by atoms with Gasteiger partial charge in [-0.25, -0.2) is 0 Å². The topological polar surface area (TPSA) is 42.5 Å². The zero-order valence-electron chi connectivity index (χ0n) is 11.6. The fourth-order valence-electron chi connectivity index (χ4n) is 1.71. The summed E-state index contributed by atoms with van der Waals surface area (Å²) in [5.41, 5.74) is 0.697. The number of rotatable bonds is 5. The highest BCUT2D eigenvalue weighted by molar-refractivity contribution is 7.80. The van der Waals surface area contributed by atoms with E-state index in [0.29, 0.717) is 33.9 Å². The maximum absolute atomic E-state index is 6.07. The molecule has 0 aliphatic carbocycles. The minimum Gasteiger partial charge on any atom is -0.495 e. The van der Waals surface area contributed by atoms with Crippen molar-refractivity contribution in [2.45, 2.75) is 6.54 Å². The summed E-state index contributed by atoms with van der Waals surface area (Å²) < 4.78 is 10.5. The van der Waals surface area contributed by atoms with E-state index < -0.39 is 0 Å². The average Bonchev–Trinajstić information content (AvgIpc) is 2.99. The number of methoxy groups -OCH3 is 2. The van der Waals surface area contributed by atoms with Gasteiger partial charge in [-0.1, -0.05) is 17.7 Å². The molecule has 0 spiro atoms. The fraction of sp³-hybridized carbons (Fsp3) is 0.214. The number of hydrogen-bond donors (Lipinski definition) is 2. The normalized spacial score (nSPS) is 10.0. The lowest BCUT2D eigenvalue weighted by atomic mass is 10.2. The van der Waals surface area contributed by atoms with E-state index in [1.165, 1.54) is 4.88 Å². The van der Waals surface area contributed by atoms with Crippen molar-refractivity contribution in [2.24, 2.45) is 0 Å². The molecule has 7 heteroatoms. The van der Waals surface area contributed by atoms with Gasteiger partial charge in [0.15, 0.2) is 5.11 Å². The molecule has 0 aliphatic heterocycles. The second-order valence-electron chi connectivity index (χ2n) is 4.07. The van der Waals surface area contributed by atoms with E-state index in [1.54, 1.807) is 37.7 Å². The van der Waals surface area contributed by atoms with Gasteiger partial charge in [0.1, 0.15) is 11.5 Å². The number of anilines is 1. The zero-order valence-corrected chi connectivity index (χ0v) is 14.0. The van der Waals surface area contributed by atoms with E-state index in [4.69, 9.17) is 33.3 Å². The predicted molar refractivity (Wildman–Crippen MR) is 91.9 cm³/mol. The second-order valence-corrected chi connectivity index (χ2v) is 5.92. The Bertz CT molecular complexity index is 618. The standard InChI is InChI=1S/C14H15ClN2O2S2/c1-18-12-7-11(13(19-2)6-10(12)15)17-14(20)16-8-9-4-3-5-21-9/h3-7H,8H2,1-2H3,(H2,16,17,20). The van der Waals surface area contributed by atoms with Crippen LogP contribution in [0.3, 0.4) is 0 Å². The van der Waals surface area contributed by atoms with E-state index in [9.17, 15) is 0 Å². The second kappa shape index (κ2) is 7.49. The molecule has 0 fully saturated rings. The van der Waals surface area contributed by atoms with Crippen LogP contribution in [0.5, 0.6) is 11.5 Å². The summed E-state index contributed by atoms with van der Waals surface area (Å²) in [6.07, 6.45) is 0. The van der Waals surface area contributed by atoms with Gasteiger partial charge in [0.05, 0.1) is 31.5 Å². The lowest BCUT2D eigenvalue weighted by Gasteiger charge is -2.15. The predicted octanol–water partition coefficient (Wildman–Crippen LogP) is 3.91. The molecule has 112 valence electrons. The van der Waals surface area contributed by atoms with Gasteiger partial charge in [0, 0.05) is 17.0 Å². The number of halogens is 1. The first-order valence-corrected chi connectivity index (χ1v) is 7.79. The number of ether oxygens (including phenoxy) is 2. The minimum atomic E-state index is 0.484. The van der Waals surface area contributed by atoms with Crippen LogP contribution < -0.4 is 20.1 Å². The Morgan fingerprint density at radius 3 is 2.67 bits per heavy atom. The molecule has 0 amide bonds. The quantitative estimate of drug-likeness (QED) is 0.806. The molecule has 0 saturated carbocycles. The Labute approximate surface area is 138 Å². The summed E-state index contributed by atoms with van der Waals surface area (Å²) in [5.74, 6) is 1.15. The highest BCUT2D eigenvalue weighted by Crippen LogP contribution is 2.35. The molecule has 21 heavy (non-hydrogen) atoms. The molecule has 1 heterocycles. The average molecular weight is 343 g/mol.